The van der Waals surface area contributed by atoms with Crippen LogP contribution in [0.2, 0.25) is 0 Å². The average molecular weight is 499 g/mol. The van der Waals surface area contributed by atoms with Crippen LogP contribution in [0.1, 0.15) is 19.2 Å². The van der Waals surface area contributed by atoms with E-state index < -0.39 is 18.1 Å². The molecule has 6 rings (SSSR count). The van der Waals surface area contributed by atoms with Crippen molar-refractivity contribution in [2.24, 2.45) is 7.05 Å². The van der Waals surface area contributed by atoms with E-state index in [1.165, 1.54) is 0 Å². The lowest BCUT2D eigenvalue weighted by Gasteiger charge is -2.25. The molecule has 0 saturated carbocycles. The quantitative estimate of drug-likeness (QED) is 0.408. The molecule has 188 valence electrons. The first kappa shape index (κ1) is 23.1. The molecule has 0 bridgehead atoms. The molecule has 2 N–H and O–H groups in total. The standard InChI is InChI=1S/C29H27N3O5/c1-17(15-26-31(3)27-20-7-5-4-6-18(20)8-10-24(27)37-26)14-25-30(2)21-16-19(9-11-23(21)36-25)32-13-12-22(33)28(32)29(34)35/h4-11,14-16,22,28,33H,12-13H2,1-3H3/p+1. The maximum Gasteiger partial charge on any atom is 0.374 e. The molecule has 0 spiro atoms. The molecule has 1 aromatic heterocycles. The molecule has 37 heavy (non-hydrogen) atoms. The van der Waals surface area contributed by atoms with Gasteiger partial charge in [0.05, 0.1) is 23.3 Å². The Morgan fingerprint density at radius 3 is 2.78 bits per heavy atom. The number of aliphatic hydroxyl groups excluding tert-OH is 1. The number of carboxylic acids is 1. The van der Waals surface area contributed by atoms with Gasteiger partial charge in [0.15, 0.2) is 11.8 Å². The van der Waals surface area contributed by atoms with Crippen molar-refractivity contribution in [1.29, 1.82) is 0 Å². The Balaban J connectivity index is 1.30. The number of hydrogen-bond acceptors (Lipinski definition) is 6. The first-order valence-electron chi connectivity index (χ1n) is 12.3. The maximum atomic E-state index is 11.7. The van der Waals surface area contributed by atoms with Gasteiger partial charge in [-0.05, 0) is 54.6 Å². The molecule has 0 aliphatic carbocycles. The second kappa shape index (κ2) is 8.67. The number of rotatable bonds is 4. The topological polar surface area (TPSA) is 90.3 Å². The van der Waals surface area contributed by atoms with Crippen LogP contribution in [0, 0.1) is 0 Å². The summed E-state index contributed by atoms with van der Waals surface area (Å²) in [4.78, 5) is 15.4. The van der Waals surface area contributed by atoms with Gasteiger partial charge in [0, 0.05) is 25.4 Å². The van der Waals surface area contributed by atoms with Gasteiger partial charge in [-0.15, -0.1) is 0 Å². The van der Waals surface area contributed by atoms with E-state index in [1.54, 1.807) is 4.90 Å². The third-order valence-corrected chi connectivity index (χ3v) is 7.25. The Bertz CT molecular complexity index is 1620. The van der Waals surface area contributed by atoms with Crippen LogP contribution in [0.5, 0.6) is 5.75 Å². The van der Waals surface area contributed by atoms with Crippen LogP contribution in [-0.4, -0.2) is 41.9 Å². The maximum absolute atomic E-state index is 11.7. The van der Waals surface area contributed by atoms with Crippen LogP contribution in [-0.2, 0) is 11.8 Å². The molecule has 0 radical (unpaired) electrons. The van der Waals surface area contributed by atoms with Gasteiger partial charge >= 0.3 is 11.9 Å². The Morgan fingerprint density at radius 2 is 1.97 bits per heavy atom. The monoisotopic (exact) mass is 498 g/mol. The second-order valence-corrected chi connectivity index (χ2v) is 9.65. The Morgan fingerprint density at radius 1 is 1.16 bits per heavy atom. The van der Waals surface area contributed by atoms with Crippen molar-refractivity contribution in [3.8, 4) is 5.75 Å². The molecule has 1 fully saturated rings. The molecule has 8 heteroatoms. The minimum atomic E-state index is -1.02. The number of aromatic nitrogens is 1. The summed E-state index contributed by atoms with van der Waals surface area (Å²) in [6.07, 6.45) is 3.46. The van der Waals surface area contributed by atoms with Gasteiger partial charge in [-0.1, -0.05) is 24.3 Å². The lowest BCUT2D eigenvalue weighted by atomic mass is 10.1. The summed E-state index contributed by atoms with van der Waals surface area (Å²) < 4.78 is 14.3. The van der Waals surface area contributed by atoms with E-state index in [4.69, 9.17) is 9.15 Å². The fraction of sp³-hybridized carbons (Fsp3) is 0.241. The van der Waals surface area contributed by atoms with Crippen LogP contribution in [0.4, 0.5) is 11.4 Å². The number of nitrogens with zero attached hydrogens (tertiary/aromatic N) is 3. The molecule has 3 aromatic carbocycles. The predicted octanol–water partition coefficient (Wildman–Crippen LogP) is 4.21. The molecule has 2 atom stereocenters. The van der Waals surface area contributed by atoms with Crippen molar-refractivity contribution >= 4 is 45.3 Å². The number of aliphatic carboxylic acids is 1. The molecule has 8 nitrogen and oxygen atoms in total. The smallest absolute Gasteiger partial charge is 0.374 e. The zero-order valence-electron chi connectivity index (χ0n) is 20.9. The number of benzene rings is 3. The van der Waals surface area contributed by atoms with Crippen LogP contribution in [0.15, 0.2) is 76.5 Å². The van der Waals surface area contributed by atoms with Gasteiger partial charge in [-0.25, -0.2) is 4.79 Å². The number of oxazole rings is 1. The number of aryl methyl sites for hydroxylation is 1. The second-order valence-electron chi connectivity index (χ2n) is 9.65. The lowest BCUT2D eigenvalue weighted by Crippen LogP contribution is -2.41. The Kier molecular flexibility index (Phi) is 5.42. The van der Waals surface area contributed by atoms with Crippen LogP contribution in [0.25, 0.3) is 27.9 Å². The third-order valence-electron chi connectivity index (χ3n) is 7.25. The number of carboxylic acid groups (broad SMARTS) is 1. The molecule has 2 aliphatic rings. The number of allylic oxidation sites excluding steroid dienone is 2. The first-order chi connectivity index (χ1) is 17.8. The molecular formula is C29H28N3O5+. The largest absolute Gasteiger partial charge is 0.480 e. The van der Waals surface area contributed by atoms with E-state index in [0.29, 0.717) is 24.6 Å². The molecule has 0 amide bonds. The third kappa shape index (κ3) is 3.81. The van der Waals surface area contributed by atoms with Crippen molar-refractivity contribution in [3.63, 3.8) is 0 Å². The number of fused-ring (bicyclic) bond motifs is 4. The molecular weight excluding hydrogens is 470 g/mol. The summed E-state index contributed by atoms with van der Waals surface area (Å²) in [5.74, 6) is 1.05. The summed E-state index contributed by atoms with van der Waals surface area (Å²) >= 11 is 0. The van der Waals surface area contributed by atoms with E-state index in [2.05, 4.69) is 22.8 Å². The summed E-state index contributed by atoms with van der Waals surface area (Å²) in [5.41, 5.74) is 4.40. The number of ether oxygens (including phenoxy) is 1. The number of aliphatic hydroxyl groups is 1. The first-order valence-corrected chi connectivity index (χ1v) is 12.3. The van der Waals surface area contributed by atoms with Gasteiger partial charge in [0.2, 0.25) is 11.5 Å². The van der Waals surface area contributed by atoms with Gasteiger partial charge in [-0.2, -0.15) is 4.57 Å². The molecule has 2 unspecified atom stereocenters. The average Bonchev–Trinajstić information content (AvgIpc) is 3.52. The highest BCUT2D eigenvalue weighted by Gasteiger charge is 2.39. The highest BCUT2D eigenvalue weighted by Crippen LogP contribution is 2.42. The van der Waals surface area contributed by atoms with Crippen molar-refractivity contribution in [3.05, 3.63) is 78.0 Å². The SMILES string of the molecule is CC(/C=C1\Oc2ccc(N3CCC(O)C3C(=O)O)cc2N1C)=C\c1oc2ccc3ccccc3c2[n+]1C. The molecule has 4 aromatic rings. The lowest BCUT2D eigenvalue weighted by molar-refractivity contribution is -0.651. The van der Waals surface area contributed by atoms with Gasteiger partial charge in [0.1, 0.15) is 7.05 Å². The van der Waals surface area contributed by atoms with Gasteiger partial charge in [-0.3, -0.25) is 0 Å². The minimum absolute atomic E-state index is 0.421. The van der Waals surface area contributed by atoms with Gasteiger partial charge < -0.3 is 29.2 Å². The van der Waals surface area contributed by atoms with E-state index in [0.717, 1.165) is 44.7 Å². The molecule has 2 aliphatic heterocycles. The molecule has 3 heterocycles. The van der Waals surface area contributed by atoms with Crippen LogP contribution >= 0.6 is 0 Å². The van der Waals surface area contributed by atoms with E-state index in [1.807, 2.05) is 74.5 Å². The molecule has 1 saturated heterocycles. The number of carbonyl (C=O) groups is 1. The Labute approximate surface area is 213 Å². The summed E-state index contributed by atoms with van der Waals surface area (Å²) in [5, 5.41) is 22.0. The fourth-order valence-corrected chi connectivity index (χ4v) is 5.33. The van der Waals surface area contributed by atoms with Crippen molar-refractivity contribution in [2.75, 3.05) is 23.4 Å². The zero-order chi connectivity index (χ0) is 25.8. The van der Waals surface area contributed by atoms with Gasteiger partial charge in [0.25, 0.3) is 5.52 Å². The van der Waals surface area contributed by atoms with Crippen LogP contribution < -0.4 is 19.1 Å². The normalized spacial score (nSPS) is 20.8. The summed E-state index contributed by atoms with van der Waals surface area (Å²) in [6.45, 7) is 2.48. The van der Waals surface area contributed by atoms with E-state index in [-0.39, 0.29) is 0 Å². The highest BCUT2D eigenvalue weighted by molar-refractivity contribution is 6.01. The van der Waals surface area contributed by atoms with E-state index >= 15 is 0 Å². The predicted molar refractivity (Wildman–Crippen MR) is 141 cm³/mol. The van der Waals surface area contributed by atoms with Crippen molar-refractivity contribution in [2.45, 2.75) is 25.5 Å². The van der Waals surface area contributed by atoms with Crippen molar-refractivity contribution in [1.82, 2.24) is 0 Å². The number of hydrogen-bond donors (Lipinski definition) is 2. The highest BCUT2D eigenvalue weighted by atomic mass is 16.5. The van der Waals surface area contributed by atoms with E-state index in [9.17, 15) is 15.0 Å². The summed E-state index contributed by atoms with van der Waals surface area (Å²) in [6, 6.07) is 17.0. The van der Waals surface area contributed by atoms with Crippen LogP contribution in [0.3, 0.4) is 0 Å². The fourth-order valence-electron chi connectivity index (χ4n) is 5.33. The Hall–Kier alpha value is -4.30. The van der Waals surface area contributed by atoms with Crippen molar-refractivity contribution < 1.29 is 28.7 Å². The number of anilines is 2. The zero-order valence-corrected chi connectivity index (χ0v) is 20.9. The minimum Gasteiger partial charge on any atom is -0.480 e. The summed E-state index contributed by atoms with van der Waals surface area (Å²) in [7, 11) is 3.91.